The molecule has 0 saturated carbocycles. The van der Waals surface area contributed by atoms with Crippen LogP contribution in [0.2, 0.25) is 0 Å². The predicted molar refractivity (Wildman–Crippen MR) is 104 cm³/mol. The molecule has 3 heterocycles. The highest BCUT2D eigenvalue weighted by Crippen LogP contribution is 2.30. The molecule has 1 aromatic heterocycles. The van der Waals surface area contributed by atoms with Crippen LogP contribution in [-0.4, -0.2) is 50.9 Å². The number of hydrogen-bond donors (Lipinski definition) is 4. The number of hydrogen-bond acceptors (Lipinski definition) is 6. The summed E-state index contributed by atoms with van der Waals surface area (Å²) >= 11 is 0. The molecule has 5 N–H and O–H groups in total. The smallest absolute Gasteiger partial charge is 0.341 e. The first-order valence-electron chi connectivity index (χ1n) is 9.85. The van der Waals surface area contributed by atoms with Crippen molar-refractivity contribution in [1.29, 1.82) is 0 Å². The van der Waals surface area contributed by atoms with E-state index in [0.717, 1.165) is 24.2 Å². The third kappa shape index (κ3) is 3.36. The van der Waals surface area contributed by atoms with Crippen molar-refractivity contribution >= 4 is 5.91 Å². The van der Waals surface area contributed by atoms with Gasteiger partial charge in [-0.05, 0) is 25.3 Å². The summed E-state index contributed by atoms with van der Waals surface area (Å²) in [6.07, 6.45) is 1.26. The van der Waals surface area contributed by atoms with Crippen molar-refractivity contribution in [2.75, 3.05) is 13.1 Å². The normalized spacial score (nSPS) is 25.9. The monoisotopic (exact) mass is 385 g/mol. The molecule has 28 heavy (non-hydrogen) atoms. The Hall–Kier alpha value is -2.49. The van der Waals surface area contributed by atoms with Crippen LogP contribution < -0.4 is 22.3 Å². The van der Waals surface area contributed by atoms with Gasteiger partial charge in [0.25, 0.3) is 0 Å². The summed E-state index contributed by atoms with van der Waals surface area (Å²) in [5.41, 5.74) is 13.2. The summed E-state index contributed by atoms with van der Waals surface area (Å²) < 4.78 is 1.68. The number of nitrogens with one attached hydrogen (secondary N) is 3. The molecule has 9 nitrogen and oxygen atoms in total. The van der Waals surface area contributed by atoms with E-state index in [9.17, 15) is 9.59 Å². The van der Waals surface area contributed by atoms with Crippen LogP contribution in [0.5, 0.6) is 0 Å². The Morgan fingerprint density at radius 1 is 1.21 bits per heavy atom. The number of amides is 1. The van der Waals surface area contributed by atoms with Crippen molar-refractivity contribution < 1.29 is 4.79 Å². The third-order valence-electron chi connectivity index (χ3n) is 5.88. The maximum atomic E-state index is 13.2. The van der Waals surface area contributed by atoms with Crippen LogP contribution in [0.1, 0.15) is 43.0 Å². The van der Waals surface area contributed by atoms with Crippen LogP contribution in [-0.2, 0) is 11.3 Å². The minimum Gasteiger partial charge on any atom is -0.341 e. The van der Waals surface area contributed by atoms with E-state index in [2.05, 4.69) is 21.0 Å². The standard InChI is InChI=1S/C19H27N7O2/c1-2-26-17(23-24-19(26)28)13-8-10-25(11-9-13)18(27)15-14(16(20)22-21-15)12-6-4-3-5-7-12/h3-7,13-16,21-22H,2,8-11,20H2,1H3,(H,24,28). The summed E-state index contributed by atoms with van der Waals surface area (Å²) in [5.74, 6) is 0.917. The number of H-pyrrole nitrogens is 1. The summed E-state index contributed by atoms with van der Waals surface area (Å²) in [5, 5.41) is 6.74. The Labute approximate surface area is 163 Å². The lowest BCUT2D eigenvalue weighted by atomic mass is 9.89. The number of nitrogens with two attached hydrogens (primary N) is 1. The fourth-order valence-electron chi connectivity index (χ4n) is 4.37. The summed E-state index contributed by atoms with van der Waals surface area (Å²) in [4.78, 5) is 26.9. The largest absolute Gasteiger partial charge is 0.343 e. The molecule has 2 aliphatic rings. The Bertz CT molecular complexity index is 870. The van der Waals surface area contributed by atoms with Crippen molar-refractivity contribution in [3.63, 3.8) is 0 Å². The average molecular weight is 385 g/mol. The molecule has 3 unspecified atom stereocenters. The number of rotatable bonds is 4. The zero-order valence-electron chi connectivity index (χ0n) is 16.0. The highest BCUT2D eigenvalue weighted by atomic mass is 16.2. The van der Waals surface area contributed by atoms with Gasteiger partial charge in [0.1, 0.15) is 11.9 Å². The maximum absolute atomic E-state index is 13.2. The molecule has 2 fully saturated rings. The molecule has 0 aliphatic carbocycles. The first-order valence-corrected chi connectivity index (χ1v) is 9.85. The molecule has 0 bridgehead atoms. The molecule has 150 valence electrons. The van der Waals surface area contributed by atoms with Crippen LogP contribution in [0.25, 0.3) is 0 Å². The van der Waals surface area contributed by atoms with E-state index in [4.69, 9.17) is 5.73 Å². The van der Waals surface area contributed by atoms with Gasteiger partial charge < -0.3 is 10.6 Å². The Morgan fingerprint density at radius 3 is 2.61 bits per heavy atom. The molecule has 4 rings (SSSR count). The van der Waals surface area contributed by atoms with E-state index in [1.165, 1.54) is 0 Å². The first kappa shape index (κ1) is 18.9. The summed E-state index contributed by atoms with van der Waals surface area (Å²) in [6.45, 7) is 3.81. The van der Waals surface area contributed by atoms with E-state index in [1.807, 2.05) is 42.2 Å². The predicted octanol–water partition coefficient (Wildman–Crippen LogP) is -0.158. The highest BCUT2D eigenvalue weighted by molar-refractivity contribution is 5.83. The van der Waals surface area contributed by atoms with Gasteiger partial charge in [-0.15, -0.1) is 0 Å². The molecule has 0 radical (unpaired) electrons. The van der Waals surface area contributed by atoms with E-state index in [1.54, 1.807) is 4.57 Å². The van der Waals surface area contributed by atoms with Crippen molar-refractivity contribution in [2.24, 2.45) is 5.73 Å². The molecule has 2 aromatic rings. The number of nitrogens with zero attached hydrogens (tertiary/aromatic N) is 3. The van der Waals surface area contributed by atoms with Gasteiger partial charge >= 0.3 is 5.69 Å². The van der Waals surface area contributed by atoms with Gasteiger partial charge in [-0.25, -0.2) is 20.7 Å². The SMILES string of the molecule is CCn1c(C2CCN(C(=O)C3NNC(N)C3c3ccccc3)CC2)n[nH]c1=O. The van der Waals surface area contributed by atoms with E-state index >= 15 is 0 Å². The van der Waals surface area contributed by atoms with Crippen molar-refractivity contribution in [2.45, 2.75) is 50.4 Å². The van der Waals surface area contributed by atoms with Gasteiger partial charge in [0.05, 0.1) is 6.17 Å². The second kappa shape index (κ2) is 7.86. The lowest BCUT2D eigenvalue weighted by molar-refractivity contribution is -0.134. The average Bonchev–Trinajstić information content (AvgIpc) is 3.30. The fraction of sp³-hybridized carbons (Fsp3) is 0.526. The van der Waals surface area contributed by atoms with Crippen molar-refractivity contribution in [3.05, 3.63) is 52.2 Å². The minimum atomic E-state index is -0.395. The van der Waals surface area contributed by atoms with E-state index < -0.39 is 6.04 Å². The van der Waals surface area contributed by atoms with Gasteiger partial charge in [-0.2, -0.15) is 5.10 Å². The van der Waals surface area contributed by atoms with Crippen LogP contribution >= 0.6 is 0 Å². The number of piperidine rings is 1. The quantitative estimate of drug-likeness (QED) is 0.580. The lowest BCUT2D eigenvalue weighted by Crippen LogP contribution is -2.49. The number of hydrazine groups is 1. The van der Waals surface area contributed by atoms with E-state index in [0.29, 0.717) is 19.6 Å². The van der Waals surface area contributed by atoms with E-state index in [-0.39, 0.29) is 29.6 Å². The second-order valence-corrected chi connectivity index (χ2v) is 7.46. The third-order valence-corrected chi connectivity index (χ3v) is 5.88. The van der Waals surface area contributed by atoms with Crippen molar-refractivity contribution in [1.82, 2.24) is 30.5 Å². The van der Waals surface area contributed by atoms with Gasteiger partial charge in [0.2, 0.25) is 5.91 Å². The summed E-state index contributed by atoms with van der Waals surface area (Å²) in [7, 11) is 0. The van der Waals surface area contributed by atoms with Gasteiger partial charge in [0, 0.05) is 31.5 Å². The Kier molecular flexibility index (Phi) is 5.29. The molecule has 9 heteroatoms. The number of benzene rings is 1. The fourth-order valence-corrected chi connectivity index (χ4v) is 4.37. The molecule has 2 aliphatic heterocycles. The zero-order valence-corrected chi connectivity index (χ0v) is 16.0. The minimum absolute atomic E-state index is 0.0580. The highest BCUT2D eigenvalue weighted by Gasteiger charge is 2.42. The summed E-state index contributed by atoms with van der Waals surface area (Å²) in [6, 6.07) is 9.50. The number of aromatic nitrogens is 3. The van der Waals surface area contributed by atoms with Crippen LogP contribution in [0.3, 0.4) is 0 Å². The maximum Gasteiger partial charge on any atom is 0.343 e. The van der Waals surface area contributed by atoms with Gasteiger partial charge in [-0.3, -0.25) is 9.36 Å². The van der Waals surface area contributed by atoms with Crippen molar-refractivity contribution in [3.8, 4) is 0 Å². The zero-order chi connectivity index (χ0) is 19.7. The lowest BCUT2D eigenvalue weighted by Gasteiger charge is -2.34. The number of likely N-dealkylation sites (tertiary alicyclic amines) is 1. The van der Waals surface area contributed by atoms with Gasteiger partial charge in [0.15, 0.2) is 0 Å². The Morgan fingerprint density at radius 2 is 1.93 bits per heavy atom. The topological polar surface area (TPSA) is 121 Å². The van der Waals surface area contributed by atoms with Crippen LogP contribution in [0, 0.1) is 0 Å². The Balaban J connectivity index is 1.44. The molecular formula is C19H27N7O2. The molecule has 1 aromatic carbocycles. The molecule has 1 amide bonds. The van der Waals surface area contributed by atoms with Crippen LogP contribution in [0.4, 0.5) is 0 Å². The molecule has 3 atom stereocenters. The number of carbonyl (C=O) groups excluding carboxylic acids is 1. The van der Waals surface area contributed by atoms with Gasteiger partial charge in [-0.1, -0.05) is 30.3 Å². The first-order chi connectivity index (χ1) is 13.6. The second-order valence-electron chi connectivity index (χ2n) is 7.46. The van der Waals surface area contributed by atoms with Crippen LogP contribution in [0.15, 0.2) is 35.1 Å². The molecular weight excluding hydrogens is 358 g/mol. The number of carbonyl (C=O) groups is 1. The number of aromatic amines is 1. The molecule has 2 saturated heterocycles. The molecule has 0 spiro atoms.